The maximum absolute atomic E-state index is 12.5. The van der Waals surface area contributed by atoms with Gasteiger partial charge in [0, 0.05) is 5.56 Å². The first kappa shape index (κ1) is 14.8. The molecule has 0 heterocycles. The highest BCUT2D eigenvalue weighted by Crippen LogP contribution is 2.39. The smallest absolute Gasteiger partial charge is 0.417 e. The van der Waals surface area contributed by atoms with Crippen molar-refractivity contribution in [1.29, 1.82) is 0 Å². The van der Waals surface area contributed by atoms with Gasteiger partial charge in [0.25, 0.3) is 5.78 Å². The molecule has 0 saturated carbocycles. The summed E-state index contributed by atoms with van der Waals surface area (Å²) in [5, 5.41) is -1.47. The largest absolute Gasteiger partial charge is 0.463 e. The number of ether oxygens (including phenoxy) is 1. The highest BCUT2D eigenvalue weighted by molar-refractivity contribution is 6.49. The Morgan fingerprint density at radius 1 is 1.17 bits per heavy atom. The summed E-state index contributed by atoms with van der Waals surface area (Å²) < 4.78 is 41.5. The minimum absolute atomic E-state index is 0.443. The van der Waals surface area contributed by atoms with Crippen LogP contribution in [-0.2, 0) is 15.7 Å². The minimum atomic E-state index is -4.70. The third-order valence-electron chi connectivity index (χ3n) is 2.00. The predicted molar refractivity (Wildman–Crippen MR) is 57.8 cm³/mol. The Hall–Kier alpha value is -1.27. The third-order valence-corrected chi connectivity index (χ3v) is 2.89. The molecule has 0 aliphatic carbocycles. The van der Waals surface area contributed by atoms with E-state index >= 15 is 0 Å². The highest BCUT2D eigenvalue weighted by Gasteiger charge is 2.35. The molecule has 0 amide bonds. The minimum Gasteiger partial charge on any atom is -0.463 e. The molecule has 1 aromatic rings. The fourth-order valence-electron chi connectivity index (χ4n) is 1.15. The van der Waals surface area contributed by atoms with E-state index in [1.165, 1.54) is 0 Å². The zero-order valence-corrected chi connectivity index (χ0v) is 10.3. The van der Waals surface area contributed by atoms with Gasteiger partial charge in [-0.25, -0.2) is 4.79 Å². The van der Waals surface area contributed by atoms with E-state index in [9.17, 15) is 22.8 Å². The molecule has 1 aromatic carbocycles. The van der Waals surface area contributed by atoms with Crippen LogP contribution in [0.4, 0.5) is 13.2 Å². The van der Waals surface area contributed by atoms with Crippen LogP contribution in [0, 0.1) is 0 Å². The fourth-order valence-corrected chi connectivity index (χ4v) is 1.67. The average molecular weight is 301 g/mol. The van der Waals surface area contributed by atoms with Gasteiger partial charge in [-0.3, -0.25) is 4.79 Å². The quantitative estimate of drug-likeness (QED) is 0.478. The van der Waals surface area contributed by atoms with Crippen LogP contribution in [0.3, 0.4) is 0 Å². The number of hydrogen-bond donors (Lipinski definition) is 0. The van der Waals surface area contributed by atoms with Crippen molar-refractivity contribution in [2.24, 2.45) is 0 Å². The molecule has 0 aliphatic heterocycles. The lowest BCUT2D eigenvalue weighted by atomic mass is 10.1. The summed E-state index contributed by atoms with van der Waals surface area (Å²) in [4.78, 5) is 22.4. The molecule has 0 fully saturated rings. The summed E-state index contributed by atoms with van der Waals surface area (Å²) in [7, 11) is 0.958. The molecule has 18 heavy (non-hydrogen) atoms. The van der Waals surface area contributed by atoms with Gasteiger partial charge in [-0.2, -0.15) is 13.2 Å². The van der Waals surface area contributed by atoms with Gasteiger partial charge < -0.3 is 4.74 Å². The predicted octanol–water partition coefficient (Wildman–Crippen LogP) is 3.37. The summed E-state index contributed by atoms with van der Waals surface area (Å²) in [6, 6.07) is 1.35. The second-order valence-electron chi connectivity index (χ2n) is 3.11. The number of Topliss-reactive ketones (excluding diaryl/α,β-unsaturated/α-hetero) is 1. The van der Waals surface area contributed by atoms with E-state index in [0.717, 1.165) is 13.2 Å². The van der Waals surface area contributed by atoms with E-state index in [0.29, 0.717) is 6.07 Å². The van der Waals surface area contributed by atoms with Gasteiger partial charge in [-0.05, 0) is 12.1 Å². The Labute approximate surface area is 109 Å². The van der Waals surface area contributed by atoms with Gasteiger partial charge >= 0.3 is 12.1 Å². The van der Waals surface area contributed by atoms with Crippen molar-refractivity contribution in [3.8, 4) is 0 Å². The van der Waals surface area contributed by atoms with Crippen molar-refractivity contribution in [2.75, 3.05) is 7.11 Å². The number of carbonyl (C=O) groups is 2. The molecule has 98 valence electrons. The standard InChI is InChI=1S/C10H5Cl2F3O3/c1-18-9(17)8(16)4-2-3-5(10(13,14)15)7(12)6(4)11/h2-3H,1H3. The van der Waals surface area contributed by atoms with Gasteiger partial charge in [-0.15, -0.1) is 0 Å². The molecule has 8 heteroatoms. The first-order valence-electron chi connectivity index (χ1n) is 4.38. The van der Waals surface area contributed by atoms with Crippen LogP contribution in [0.25, 0.3) is 0 Å². The molecule has 0 atom stereocenters. The lowest BCUT2D eigenvalue weighted by Gasteiger charge is -2.11. The van der Waals surface area contributed by atoms with Crippen LogP contribution < -0.4 is 0 Å². The second-order valence-corrected chi connectivity index (χ2v) is 3.86. The summed E-state index contributed by atoms with van der Waals surface area (Å²) >= 11 is 11.0. The van der Waals surface area contributed by atoms with Gasteiger partial charge in [-0.1, -0.05) is 23.2 Å². The Bertz CT molecular complexity index is 512. The van der Waals surface area contributed by atoms with Gasteiger partial charge in [0.2, 0.25) is 0 Å². The number of benzene rings is 1. The van der Waals surface area contributed by atoms with Crippen molar-refractivity contribution in [3.63, 3.8) is 0 Å². The molecule has 0 aromatic heterocycles. The van der Waals surface area contributed by atoms with Crippen molar-refractivity contribution in [1.82, 2.24) is 0 Å². The molecule has 0 radical (unpaired) electrons. The zero-order chi connectivity index (χ0) is 14.1. The van der Waals surface area contributed by atoms with Crippen molar-refractivity contribution < 1.29 is 27.5 Å². The second kappa shape index (κ2) is 5.16. The number of ketones is 1. The molecule has 1 rings (SSSR count). The van der Waals surface area contributed by atoms with Crippen LogP contribution in [0.5, 0.6) is 0 Å². The fraction of sp³-hybridized carbons (Fsp3) is 0.200. The Balaban J connectivity index is 3.33. The van der Waals surface area contributed by atoms with Gasteiger partial charge in [0.05, 0.1) is 22.7 Å². The number of hydrogen-bond acceptors (Lipinski definition) is 3. The number of halogens is 5. The SMILES string of the molecule is COC(=O)C(=O)c1ccc(C(F)(F)F)c(Cl)c1Cl. The van der Waals surface area contributed by atoms with Crippen molar-refractivity contribution in [3.05, 3.63) is 33.3 Å². The number of rotatable bonds is 2. The van der Waals surface area contributed by atoms with Crippen LogP contribution in [0.2, 0.25) is 10.0 Å². The first-order valence-corrected chi connectivity index (χ1v) is 5.13. The Morgan fingerprint density at radius 2 is 1.72 bits per heavy atom. The van der Waals surface area contributed by atoms with Crippen LogP contribution in [0.1, 0.15) is 15.9 Å². The van der Waals surface area contributed by atoms with E-state index < -0.39 is 39.1 Å². The van der Waals surface area contributed by atoms with Crippen LogP contribution in [-0.4, -0.2) is 18.9 Å². The summed E-state index contributed by atoms with van der Waals surface area (Å²) in [6.45, 7) is 0. The lowest BCUT2D eigenvalue weighted by Crippen LogP contribution is -2.17. The Morgan fingerprint density at radius 3 is 2.17 bits per heavy atom. The maximum atomic E-state index is 12.5. The molecule has 0 bridgehead atoms. The summed E-state index contributed by atoms with van der Waals surface area (Å²) in [6.07, 6.45) is -4.70. The molecular formula is C10H5Cl2F3O3. The molecule has 0 unspecified atom stereocenters. The van der Waals surface area contributed by atoms with E-state index in [1.54, 1.807) is 0 Å². The van der Waals surface area contributed by atoms with Gasteiger partial charge in [0.1, 0.15) is 0 Å². The lowest BCUT2D eigenvalue weighted by molar-refractivity contribution is -0.137. The van der Waals surface area contributed by atoms with Gasteiger partial charge in [0.15, 0.2) is 0 Å². The van der Waals surface area contributed by atoms with Crippen molar-refractivity contribution >= 4 is 35.0 Å². The number of alkyl halides is 3. The molecule has 0 N–H and O–H groups in total. The Kier molecular flexibility index (Phi) is 4.24. The molecule has 0 aliphatic rings. The number of methoxy groups -OCH3 is 1. The molecular weight excluding hydrogens is 296 g/mol. The first-order chi connectivity index (χ1) is 8.20. The van der Waals surface area contributed by atoms with E-state index in [4.69, 9.17) is 23.2 Å². The van der Waals surface area contributed by atoms with Crippen molar-refractivity contribution in [2.45, 2.75) is 6.18 Å². The summed E-state index contributed by atoms with van der Waals surface area (Å²) in [5.74, 6) is -2.41. The number of esters is 1. The highest BCUT2D eigenvalue weighted by atomic mass is 35.5. The van der Waals surface area contributed by atoms with Crippen LogP contribution >= 0.6 is 23.2 Å². The monoisotopic (exact) mass is 300 g/mol. The van der Waals surface area contributed by atoms with E-state index in [1.807, 2.05) is 0 Å². The van der Waals surface area contributed by atoms with E-state index in [-0.39, 0.29) is 0 Å². The summed E-state index contributed by atoms with van der Waals surface area (Å²) in [5.41, 5.74) is -1.63. The maximum Gasteiger partial charge on any atom is 0.417 e. The zero-order valence-electron chi connectivity index (χ0n) is 8.77. The third kappa shape index (κ3) is 2.76. The number of carbonyl (C=O) groups excluding carboxylic acids is 2. The normalized spacial score (nSPS) is 11.2. The topological polar surface area (TPSA) is 43.4 Å². The molecule has 0 spiro atoms. The average Bonchev–Trinajstić information content (AvgIpc) is 2.29. The molecule has 0 saturated heterocycles. The van der Waals surface area contributed by atoms with E-state index in [2.05, 4.69) is 4.74 Å². The molecule has 3 nitrogen and oxygen atoms in total. The van der Waals surface area contributed by atoms with Crippen LogP contribution in [0.15, 0.2) is 12.1 Å².